The number of carboxylic acid groups (broad SMARTS) is 1. The summed E-state index contributed by atoms with van der Waals surface area (Å²) in [6.45, 7) is 7.75. The molecule has 1 N–H and O–H groups in total. The van der Waals surface area contributed by atoms with Crippen molar-refractivity contribution in [1.82, 2.24) is 18.8 Å². The number of imidazole rings is 1. The van der Waals surface area contributed by atoms with Crippen molar-refractivity contribution >= 4 is 27.0 Å². The van der Waals surface area contributed by atoms with Crippen molar-refractivity contribution in [3.8, 4) is 0 Å². The van der Waals surface area contributed by atoms with E-state index >= 15 is 0 Å². The van der Waals surface area contributed by atoms with Crippen molar-refractivity contribution in [2.45, 2.75) is 37.8 Å². The number of benzene rings is 1. The van der Waals surface area contributed by atoms with Crippen LogP contribution in [0.4, 0.5) is 0 Å². The highest BCUT2D eigenvalue weighted by Crippen LogP contribution is 2.23. The molecule has 164 valence electrons. The molecule has 8 nitrogen and oxygen atoms in total. The van der Waals surface area contributed by atoms with Gasteiger partial charge in [-0.2, -0.15) is 4.31 Å². The molecule has 3 rings (SSSR count). The van der Waals surface area contributed by atoms with Gasteiger partial charge in [0.05, 0.1) is 22.9 Å². The van der Waals surface area contributed by atoms with Crippen LogP contribution in [0.1, 0.15) is 25.8 Å². The standard InChI is InChI=1S/C22H26N4O4S/c1-4-11-26(21(22(27)28)12-16(2)3)31(29,30)18-7-5-17(6-8-18)14-25-15-24-19-13-23-10-9-20(19)25/h4-10,13,15-16,21H,1,11-12,14H2,2-3H3,(H,27,28)/t21-/m0/s1. The maximum Gasteiger partial charge on any atom is 0.322 e. The van der Waals surface area contributed by atoms with E-state index in [0.29, 0.717) is 6.54 Å². The number of rotatable bonds is 10. The summed E-state index contributed by atoms with van der Waals surface area (Å²) >= 11 is 0. The largest absolute Gasteiger partial charge is 0.480 e. The Hall–Kier alpha value is -3.04. The van der Waals surface area contributed by atoms with Gasteiger partial charge >= 0.3 is 5.97 Å². The van der Waals surface area contributed by atoms with Gasteiger partial charge in [0.2, 0.25) is 10.0 Å². The van der Waals surface area contributed by atoms with E-state index in [4.69, 9.17) is 0 Å². The quantitative estimate of drug-likeness (QED) is 0.484. The Labute approximate surface area is 181 Å². The van der Waals surface area contributed by atoms with Crippen molar-refractivity contribution in [3.05, 3.63) is 67.3 Å². The number of pyridine rings is 1. The highest BCUT2D eigenvalue weighted by molar-refractivity contribution is 7.89. The summed E-state index contributed by atoms with van der Waals surface area (Å²) in [5.74, 6) is -1.15. The van der Waals surface area contributed by atoms with Gasteiger partial charge < -0.3 is 9.67 Å². The summed E-state index contributed by atoms with van der Waals surface area (Å²) in [5.41, 5.74) is 2.61. The van der Waals surface area contributed by atoms with Crippen LogP contribution in [0.5, 0.6) is 0 Å². The van der Waals surface area contributed by atoms with E-state index < -0.39 is 22.0 Å². The fourth-order valence-corrected chi connectivity index (χ4v) is 5.01. The Balaban J connectivity index is 1.87. The Morgan fingerprint density at radius 3 is 2.58 bits per heavy atom. The van der Waals surface area contributed by atoms with Crippen LogP contribution in [0.3, 0.4) is 0 Å². The van der Waals surface area contributed by atoms with Gasteiger partial charge in [0, 0.05) is 19.3 Å². The van der Waals surface area contributed by atoms with E-state index in [9.17, 15) is 18.3 Å². The Morgan fingerprint density at radius 1 is 1.26 bits per heavy atom. The van der Waals surface area contributed by atoms with Crippen molar-refractivity contribution in [2.75, 3.05) is 6.54 Å². The lowest BCUT2D eigenvalue weighted by molar-refractivity contribution is -0.141. The SMILES string of the molecule is C=CCN([C@@H](CC(C)C)C(=O)O)S(=O)(=O)c1ccc(Cn2cnc3cnccc32)cc1. The summed E-state index contributed by atoms with van der Waals surface area (Å²) in [6.07, 6.45) is 6.71. The van der Waals surface area contributed by atoms with Gasteiger partial charge in [-0.05, 0) is 36.1 Å². The Bertz CT molecular complexity index is 1170. The predicted octanol–water partition coefficient (Wildman–Crippen LogP) is 3.16. The van der Waals surface area contributed by atoms with E-state index in [0.717, 1.165) is 20.9 Å². The maximum atomic E-state index is 13.2. The van der Waals surface area contributed by atoms with Crippen LogP contribution in [0.15, 0.2) is 66.6 Å². The predicted molar refractivity (Wildman–Crippen MR) is 118 cm³/mol. The molecule has 0 saturated heterocycles. The van der Waals surface area contributed by atoms with Crippen LogP contribution in [0.25, 0.3) is 11.0 Å². The molecule has 0 saturated carbocycles. The fourth-order valence-electron chi connectivity index (χ4n) is 3.45. The zero-order valence-electron chi connectivity index (χ0n) is 17.5. The van der Waals surface area contributed by atoms with Crippen LogP contribution in [0.2, 0.25) is 0 Å². The third-order valence-corrected chi connectivity index (χ3v) is 6.83. The first-order valence-corrected chi connectivity index (χ1v) is 11.4. The number of nitrogens with zero attached hydrogens (tertiary/aromatic N) is 4. The van der Waals surface area contributed by atoms with Crippen LogP contribution < -0.4 is 0 Å². The first kappa shape index (κ1) is 22.6. The molecule has 0 aliphatic rings. The molecule has 0 fully saturated rings. The van der Waals surface area contributed by atoms with Gasteiger partial charge in [-0.1, -0.05) is 32.1 Å². The zero-order valence-corrected chi connectivity index (χ0v) is 18.4. The van der Waals surface area contributed by atoms with E-state index in [-0.39, 0.29) is 23.8 Å². The van der Waals surface area contributed by atoms with Crippen molar-refractivity contribution < 1.29 is 18.3 Å². The fraction of sp³-hybridized carbons (Fsp3) is 0.318. The average Bonchev–Trinajstić information content (AvgIpc) is 3.13. The topological polar surface area (TPSA) is 105 Å². The van der Waals surface area contributed by atoms with E-state index in [2.05, 4.69) is 16.5 Å². The van der Waals surface area contributed by atoms with Gasteiger partial charge in [0.15, 0.2) is 0 Å². The molecule has 3 aromatic rings. The number of fused-ring (bicyclic) bond motifs is 1. The first-order valence-electron chi connectivity index (χ1n) is 9.93. The summed E-state index contributed by atoms with van der Waals surface area (Å²) in [5, 5.41) is 9.65. The molecule has 0 bridgehead atoms. The number of hydrogen-bond donors (Lipinski definition) is 1. The zero-order chi connectivity index (χ0) is 22.6. The number of carbonyl (C=O) groups is 1. The summed E-state index contributed by atoms with van der Waals surface area (Å²) in [6, 6.07) is 7.18. The molecular formula is C22H26N4O4S. The average molecular weight is 443 g/mol. The second kappa shape index (κ2) is 9.40. The van der Waals surface area contributed by atoms with Crippen LogP contribution in [-0.4, -0.2) is 50.9 Å². The normalized spacial score (nSPS) is 13.0. The first-order chi connectivity index (χ1) is 14.7. The molecule has 0 unspecified atom stereocenters. The second-order valence-electron chi connectivity index (χ2n) is 7.73. The smallest absolute Gasteiger partial charge is 0.322 e. The third-order valence-electron chi connectivity index (χ3n) is 4.94. The summed E-state index contributed by atoms with van der Waals surface area (Å²) < 4.78 is 29.5. The lowest BCUT2D eigenvalue weighted by Gasteiger charge is -2.28. The van der Waals surface area contributed by atoms with Crippen LogP contribution >= 0.6 is 0 Å². The van der Waals surface area contributed by atoms with Gasteiger partial charge in [-0.25, -0.2) is 13.4 Å². The number of sulfonamides is 1. The molecule has 0 amide bonds. The summed E-state index contributed by atoms with van der Waals surface area (Å²) in [7, 11) is -4.01. The molecule has 0 spiro atoms. The number of aliphatic carboxylic acids is 1. The molecule has 1 atom stereocenters. The Morgan fingerprint density at radius 2 is 1.97 bits per heavy atom. The van der Waals surface area contributed by atoms with E-state index in [1.54, 1.807) is 30.9 Å². The van der Waals surface area contributed by atoms with Crippen molar-refractivity contribution in [1.29, 1.82) is 0 Å². The van der Waals surface area contributed by atoms with Gasteiger partial charge in [0.1, 0.15) is 11.6 Å². The van der Waals surface area contributed by atoms with Gasteiger partial charge in [-0.3, -0.25) is 9.78 Å². The number of aromatic nitrogens is 3. The number of carboxylic acids is 1. The molecule has 0 aliphatic carbocycles. The van der Waals surface area contributed by atoms with Gasteiger partial charge in [0.25, 0.3) is 0 Å². The molecular weight excluding hydrogens is 416 g/mol. The minimum absolute atomic E-state index is 0.0196. The maximum absolute atomic E-state index is 13.2. The molecule has 0 radical (unpaired) electrons. The molecule has 2 heterocycles. The third kappa shape index (κ3) is 5.00. The number of hydrogen-bond acceptors (Lipinski definition) is 5. The minimum Gasteiger partial charge on any atom is -0.480 e. The van der Waals surface area contributed by atoms with E-state index in [1.165, 1.54) is 18.2 Å². The molecule has 2 aromatic heterocycles. The Kier molecular flexibility index (Phi) is 6.87. The molecule has 9 heteroatoms. The second-order valence-corrected chi connectivity index (χ2v) is 9.62. The van der Waals surface area contributed by atoms with E-state index in [1.807, 2.05) is 24.5 Å². The highest BCUT2D eigenvalue weighted by atomic mass is 32.2. The molecule has 31 heavy (non-hydrogen) atoms. The summed E-state index contributed by atoms with van der Waals surface area (Å²) in [4.78, 5) is 20.2. The minimum atomic E-state index is -4.01. The monoisotopic (exact) mass is 442 g/mol. The highest BCUT2D eigenvalue weighted by Gasteiger charge is 2.35. The lowest BCUT2D eigenvalue weighted by atomic mass is 10.0. The molecule has 0 aliphatic heterocycles. The van der Waals surface area contributed by atoms with Crippen molar-refractivity contribution in [3.63, 3.8) is 0 Å². The van der Waals surface area contributed by atoms with Crippen molar-refractivity contribution in [2.24, 2.45) is 5.92 Å². The van der Waals surface area contributed by atoms with Crippen LogP contribution in [-0.2, 0) is 21.4 Å². The van der Waals surface area contributed by atoms with Crippen LogP contribution in [0, 0.1) is 5.92 Å². The van der Waals surface area contributed by atoms with Gasteiger partial charge in [-0.15, -0.1) is 6.58 Å². The lowest BCUT2D eigenvalue weighted by Crippen LogP contribution is -2.45. The molecule has 1 aromatic carbocycles.